The summed E-state index contributed by atoms with van der Waals surface area (Å²) in [6.45, 7) is 2.19. The Morgan fingerprint density at radius 3 is 2.61 bits per heavy atom. The minimum absolute atomic E-state index is 0.0505. The van der Waals surface area contributed by atoms with Crippen LogP contribution in [0.1, 0.15) is 56.9 Å². The molecule has 0 saturated heterocycles. The van der Waals surface area contributed by atoms with Gasteiger partial charge in [0.1, 0.15) is 5.75 Å². The molecule has 0 radical (unpaired) electrons. The van der Waals surface area contributed by atoms with Gasteiger partial charge in [0.15, 0.2) is 11.6 Å². The van der Waals surface area contributed by atoms with E-state index in [2.05, 4.69) is 19.1 Å². The molecule has 0 heterocycles. The molecule has 0 N–H and O–H groups in total. The average Bonchev–Trinajstić information content (AvgIpc) is 3.00. The van der Waals surface area contributed by atoms with Crippen molar-refractivity contribution in [3.63, 3.8) is 0 Å². The number of allylic oxidation sites excluding steroid dienone is 6. The lowest BCUT2D eigenvalue weighted by Crippen LogP contribution is -2.41. The first-order chi connectivity index (χ1) is 13.6. The van der Waals surface area contributed by atoms with E-state index < -0.39 is 0 Å². The predicted molar refractivity (Wildman–Crippen MR) is 110 cm³/mol. The zero-order chi connectivity index (χ0) is 19.7. The van der Waals surface area contributed by atoms with E-state index in [1.807, 2.05) is 24.3 Å². The molecule has 1 saturated carbocycles. The van der Waals surface area contributed by atoms with Gasteiger partial charge in [0.2, 0.25) is 0 Å². The van der Waals surface area contributed by atoms with Gasteiger partial charge in [-0.3, -0.25) is 9.59 Å². The SMILES string of the molecule is CCCCCC1=CC(=O)[C@@H]2[C@H](c3ccc(OC)cc3)CCC3=CC(=O)C=C[C@@]132. The summed E-state index contributed by atoms with van der Waals surface area (Å²) >= 11 is 0. The molecule has 3 atom stereocenters. The highest BCUT2D eigenvalue weighted by molar-refractivity contribution is 6.05. The fourth-order valence-electron chi connectivity index (χ4n) is 5.41. The van der Waals surface area contributed by atoms with Crippen molar-refractivity contribution in [3.8, 4) is 5.75 Å². The van der Waals surface area contributed by atoms with Crippen LogP contribution in [0.25, 0.3) is 0 Å². The average molecular weight is 376 g/mol. The Labute approximate surface area is 167 Å². The summed E-state index contributed by atoms with van der Waals surface area (Å²) in [6, 6.07) is 8.13. The number of carbonyl (C=O) groups is 2. The Morgan fingerprint density at radius 2 is 1.89 bits per heavy atom. The molecule has 0 bridgehead atoms. The number of hydrogen-bond donors (Lipinski definition) is 0. The van der Waals surface area contributed by atoms with Gasteiger partial charge in [0.25, 0.3) is 0 Å². The number of rotatable bonds is 6. The number of methoxy groups -OCH3 is 1. The van der Waals surface area contributed by atoms with E-state index >= 15 is 0 Å². The summed E-state index contributed by atoms with van der Waals surface area (Å²) in [5.41, 5.74) is 3.15. The van der Waals surface area contributed by atoms with E-state index in [4.69, 9.17) is 4.74 Å². The highest BCUT2D eigenvalue weighted by Gasteiger charge is 2.56. The minimum atomic E-state index is -0.387. The summed E-state index contributed by atoms with van der Waals surface area (Å²) in [4.78, 5) is 25.3. The lowest BCUT2D eigenvalue weighted by molar-refractivity contribution is -0.120. The van der Waals surface area contributed by atoms with Crippen molar-refractivity contribution in [3.05, 3.63) is 65.3 Å². The monoisotopic (exact) mass is 376 g/mol. The van der Waals surface area contributed by atoms with Gasteiger partial charge in [-0.25, -0.2) is 0 Å². The second kappa shape index (κ2) is 7.54. The van der Waals surface area contributed by atoms with E-state index in [1.165, 1.54) is 11.1 Å². The number of hydrogen-bond acceptors (Lipinski definition) is 3. The maximum Gasteiger partial charge on any atom is 0.178 e. The molecule has 3 aliphatic rings. The summed E-state index contributed by atoms with van der Waals surface area (Å²) in [5.74, 6) is 1.12. The lowest BCUT2D eigenvalue weighted by Gasteiger charge is -2.47. The molecule has 0 unspecified atom stereocenters. The number of benzene rings is 1. The molecule has 28 heavy (non-hydrogen) atoms. The van der Waals surface area contributed by atoms with E-state index in [1.54, 1.807) is 19.3 Å². The van der Waals surface area contributed by atoms with Crippen molar-refractivity contribution in [1.29, 1.82) is 0 Å². The molecule has 1 aromatic rings. The van der Waals surface area contributed by atoms with E-state index in [9.17, 15) is 9.59 Å². The van der Waals surface area contributed by atoms with Crippen LogP contribution in [0.5, 0.6) is 5.75 Å². The van der Waals surface area contributed by atoms with E-state index in [-0.39, 0.29) is 28.8 Å². The quantitative estimate of drug-likeness (QED) is 0.630. The maximum absolute atomic E-state index is 13.2. The fourth-order valence-corrected chi connectivity index (χ4v) is 5.41. The molecule has 3 aliphatic carbocycles. The first kappa shape index (κ1) is 18.9. The Hall–Kier alpha value is -2.42. The molecule has 3 nitrogen and oxygen atoms in total. The number of unbranched alkanes of at least 4 members (excludes halogenated alkanes) is 2. The van der Waals surface area contributed by atoms with Crippen LogP contribution in [-0.2, 0) is 9.59 Å². The summed E-state index contributed by atoms with van der Waals surface area (Å²) in [5, 5.41) is 0. The standard InChI is InChI=1S/C25H28O3/c1-3-4-5-6-18-16-23(27)24-22(17-7-10-21(28-2)11-8-17)12-9-19-15-20(26)13-14-25(18,19)24/h7-8,10-11,13-16,22,24H,3-6,9,12H2,1-2H3/t22-,24-,25+/m0/s1. The highest BCUT2D eigenvalue weighted by atomic mass is 16.5. The van der Waals surface area contributed by atoms with Crippen LogP contribution in [0.3, 0.4) is 0 Å². The van der Waals surface area contributed by atoms with Crippen molar-refractivity contribution in [2.45, 2.75) is 51.4 Å². The summed E-state index contributed by atoms with van der Waals surface area (Å²) < 4.78 is 5.30. The highest BCUT2D eigenvalue weighted by Crippen LogP contribution is 2.61. The first-order valence-corrected chi connectivity index (χ1v) is 10.4. The molecule has 1 fully saturated rings. The largest absolute Gasteiger partial charge is 0.497 e. The molecule has 146 valence electrons. The smallest absolute Gasteiger partial charge is 0.178 e. The number of ketones is 2. The van der Waals surface area contributed by atoms with Crippen LogP contribution < -0.4 is 4.74 Å². The minimum Gasteiger partial charge on any atom is -0.497 e. The van der Waals surface area contributed by atoms with Gasteiger partial charge in [0, 0.05) is 11.3 Å². The topological polar surface area (TPSA) is 43.4 Å². The van der Waals surface area contributed by atoms with Crippen molar-refractivity contribution in [2.24, 2.45) is 11.3 Å². The fraction of sp³-hybridized carbons (Fsp3) is 0.440. The van der Waals surface area contributed by atoms with Gasteiger partial charge in [0.05, 0.1) is 7.11 Å². The molecule has 0 amide bonds. The van der Waals surface area contributed by atoms with Crippen LogP contribution in [0.4, 0.5) is 0 Å². The van der Waals surface area contributed by atoms with Gasteiger partial charge in [-0.2, -0.15) is 0 Å². The molecule has 0 aliphatic heterocycles. The zero-order valence-electron chi connectivity index (χ0n) is 16.7. The normalized spacial score (nSPS) is 28.5. The van der Waals surface area contributed by atoms with Crippen molar-refractivity contribution < 1.29 is 14.3 Å². The van der Waals surface area contributed by atoms with Crippen molar-refractivity contribution in [1.82, 2.24) is 0 Å². The van der Waals surface area contributed by atoms with E-state index in [0.29, 0.717) is 0 Å². The molecular formula is C25H28O3. The lowest BCUT2D eigenvalue weighted by atomic mass is 9.55. The van der Waals surface area contributed by atoms with Gasteiger partial charge in [-0.05, 0) is 67.5 Å². The Kier molecular flexibility index (Phi) is 5.09. The molecule has 3 heteroatoms. The second-order valence-electron chi connectivity index (χ2n) is 8.20. The Balaban J connectivity index is 1.74. The molecule has 1 spiro atoms. The maximum atomic E-state index is 13.2. The van der Waals surface area contributed by atoms with Crippen LogP contribution in [0.15, 0.2) is 59.7 Å². The zero-order valence-corrected chi connectivity index (χ0v) is 16.7. The van der Waals surface area contributed by atoms with E-state index in [0.717, 1.165) is 49.8 Å². The molecular weight excluding hydrogens is 348 g/mol. The number of ether oxygens (including phenoxy) is 1. The van der Waals surface area contributed by atoms with Crippen LogP contribution in [0, 0.1) is 11.3 Å². The van der Waals surface area contributed by atoms with Gasteiger partial charge >= 0.3 is 0 Å². The summed E-state index contributed by atoms with van der Waals surface area (Å²) in [6.07, 6.45) is 13.5. The second-order valence-corrected chi connectivity index (χ2v) is 8.20. The van der Waals surface area contributed by atoms with Crippen molar-refractivity contribution in [2.75, 3.05) is 7.11 Å². The summed E-state index contributed by atoms with van der Waals surface area (Å²) in [7, 11) is 1.67. The molecule has 1 aromatic carbocycles. The van der Waals surface area contributed by atoms with Crippen molar-refractivity contribution >= 4 is 11.6 Å². The Bertz CT molecular complexity index is 872. The van der Waals surface area contributed by atoms with Crippen LogP contribution in [-0.4, -0.2) is 18.7 Å². The third-order valence-electron chi connectivity index (χ3n) is 6.72. The third kappa shape index (κ3) is 2.97. The molecule has 4 rings (SSSR count). The van der Waals surface area contributed by atoms with Gasteiger partial charge < -0.3 is 4.74 Å². The van der Waals surface area contributed by atoms with Crippen LogP contribution >= 0.6 is 0 Å². The number of carbonyl (C=O) groups excluding carboxylic acids is 2. The van der Waals surface area contributed by atoms with Gasteiger partial charge in [-0.1, -0.05) is 49.1 Å². The third-order valence-corrected chi connectivity index (χ3v) is 6.72. The van der Waals surface area contributed by atoms with Crippen LogP contribution in [0.2, 0.25) is 0 Å². The predicted octanol–water partition coefficient (Wildman–Crippen LogP) is 5.33. The molecule has 0 aromatic heterocycles. The van der Waals surface area contributed by atoms with Gasteiger partial charge in [-0.15, -0.1) is 0 Å². The first-order valence-electron chi connectivity index (χ1n) is 10.4. The Morgan fingerprint density at radius 1 is 1.11 bits per heavy atom.